The number of hydrogen-bond donors (Lipinski definition) is 0. The summed E-state index contributed by atoms with van der Waals surface area (Å²) in [6, 6.07) is 55.0. The Hall–Kier alpha value is -4.73. The largest absolute Gasteiger partial charge is 0.340 e. The van der Waals surface area contributed by atoms with E-state index in [4.69, 9.17) is 0 Å². The summed E-state index contributed by atoms with van der Waals surface area (Å²) in [5, 5.41) is 8.01. The summed E-state index contributed by atoms with van der Waals surface area (Å²) in [6.45, 7) is 3.37. The van der Waals surface area contributed by atoms with E-state index in [1.807, 2.05) is 34.0 Å². The molecule has 6 heteroatoms. The summed E-state index contributed by atoms with van der Waals surface area (Å²) >= 11 is 8.11. The average Bonchev–Trinajstić information content (AvgIpc) is 4.11. The van der Waals surface area contributed by atoms with E-state index in [1.54, 1.807) is 0 Å². The summed E-state index contributed by atoms with van der Waals surface area (Å²) < 4.78 is 7.51. The van der Waals surface area contributed by atoms with Gasteiger partial charge < -0.3 is 4.57 Å². The summed E-state index contributed by atoms with van der Waals surface area (Å²) in [5.41, 5.74) is 10.4. The maximum atomic E-state index is 2.56. The second-order valence-corrected chi connectivity index (χ2v) is 19.8. The van der Waals surface area contributed by atoms with Gasteiger partial charge in [0.25, 0.3) is 0 Å². The van der Waals surface area contributed by atoms with Crippen LogP contribution in [0, 0.1) is 0 Å². The number of nitrogens with zero attached hydrogens (tertiary/aromatic N) is 2. The number of hydrogen-bond acceptors (Lipinski definition) is 3. The quantitative estimate of drug-likeness (QED) is 0.0904. The normalized spacial score (nSPS) is 12.1. The third-order valence-corrected chi connectivity index (χ3v) is 16.5. The molecule has 0 fully saturated rings. The molecule has 0 saturated carbocycles. The highest BCUT2D eigenvalue weighted by molar-refractivity contribution is 14.1. The topological polar surface area (TPSA) is 9.86 Å². The first-order valence-electron chi connectivity index (χ1n) is 20.5. The molecule has 2 nitrogen and oxygen atoms in total. The molecule has 0 aliphatic rings. The van der Waals surface area contributed by atoms with Gasteiger partial charge in [-0.05, 0) is 101 Å². The minimum absolute atomic E-state index is 1.08. The molecule has 0 saturated heterocycles. The molecule has 11 rings (SSSR count). The third kappa shape index (κ3) is 6.31. The molecule has 5 aromatic heterocycles. The fraction of sp³-hybridized carbons (Fsp3) is 0.154. The van der Waals surface area contributed by atoms with Crippen LogP contribution in [0.4, 0.5) is 0 Å². The predicted molar refractivity (Wildman–Crippen MR) is 266 cm³/mol. The van der Waals surface area contributed by atoms with Crippen LogP contribution >= 0.6 is 56.9 Å². The Morgan fingerprint density at radius 2 is 0.845 bits per heavy atom. The van der Waals surface area contributed by atoms with Crippen molar-refractivity contribution in [3.05, 3.63) is 146 Å². The molecule has 0 unspecified atom stereocenters. The zero-order valence-corrected chi connectivity index (χ0v) is 36.9. The van der Waals surface area contributed by atoms with Crippen molar-refractivity contribution in [1.82, 2.24) is 7.35 Å². The number of halogens is 1. The van der Waals surface area contributed by atoms with Crippen LogP contribution in [0.5, 0.6) is 0 Å². The van der Waals surface area contributed by atoms with Crippen molar-refractivity contribution in [1.29, 1.82) is 0 Å². The van der Waals surface area contributed by atoms with E-state index in [-0.39, 0.29) is 0 Å². The van der Waals surface area contributed by atoms with Crippen molar-refractivity contribution < 1.29 is 0 Å². The molecule has 0 aliphatic heterocycles. The molecule has 0 N–H and O–H groups in total. The Kier molecular flexibility index (Phi) is 9.49. The van der Waals surface area contributed by atoms with Crippen LogP contribution in [-0.4, -0.2) is 7.35 Å². The van der Waals surface area contributed by atoms with Gasteiger partial charge in [-0.25, -0.2) is 0 Å². The highest BCUT2D eigenvalue weighted by atomic mass is 127. The average molecular weight is 917 g/mol. The molecule has 0 amide bonds. The number of aromatic nitrogens is 2. The first-order valence-corrected chi connectivity index (χ1v) is 23.9. The van der Waals surface area contributed by atoms with E-state index < -0.39 is 0 Å². The minimum Gasteiger partial charge on any atom is -0.340 e. The lowest BCUT2D eigenvalue weighted by atomic mass is 10.1. The Labute approximate surface area is 364 Å². The van der Waals surface area contributed by atoms with Crippen LogP contribution in [0.25, 0.3) is 106 Å². The van der Waals surface area contributed by atoms with Crippen molar-refractivity contribution in [2.45, 2.75) is 52.0 Å². The second-order valence-electron chi connectivity index (χ2n) is 15.6. The Bertz CT molecular complexity index is 3310. The molecule has 284 valence electrons. The number of rotatable bonds is 11. The highest BCUT2D eigenvalue weighted by Crippen LogP contribution is 2.44. The molecule has 0 bridgehead atoms. The molecule has 0 spiro atoms. The first kappa shape index (κ1) is 36.4. The molecular weight excluding hydrogens is 876 g/mol. The second kappa shape index (κ2) is 15.1. The maximum Gasteiger partial charge on any atom is 0.0646 e. The van der Waals surface area contributed by atoms with Gasteiger partial charge in [0.2, 0.25) is 0 Å². The van der Waals surface area contributed by atoms with E-state index in [1.165, 1.54) is 144 Å². The van der Waals surface area contributed by atoms with Gasteiger partial charge in [0.05, 0.1) is 33.9 Å². The maximum absolute atomic E-state index is 2.56. The summed E-state index contributed by atoms with van der Waals surface area (Å²) in [5.74, 6) is 0. The van der Waals surface area contributed by atoms with Crippen molar-refractivity contribution in [2.75, 3.05) is 0 Å². The van der Waals surface area contributed by atoms with Gasteiger partial charge in [0.1, 0.15) is 0 Å². The number of aryl methyl sites for hydroxylation is 1. The van der Waals surface area contributed by atoms with E-state index >= 15 is 0 Å². The molecule has 0 aliphatic carbocycles. The van der Waals surface area contributed by atoms with E-state index in [9.17, 15) is 0 Å². The lowest BCUT2D eigenvalue weighted by Crippen LogP contribution is -1.97. The monoisotopic (exact) mass is 916 g/mol. The van der Waals surface area contributed by atoms with Crippen LogP contribution in [0.15, 0.2) is 146 Å². The van der Waals surface area contributed by atoms with Gasteiger partial charge in [-0.3, -0.25) is 2.78 Å². The van der Waals surface area contributed by atoms with E-state index in [0.29, 0.717) is 0 Å². The fourth-order valence-corrected chi connectivity index (χ4v) is 13.0. The van der Waals surface area contributed by atoms with Crippen LogP contribution < -0.4 is 0 Å². The highest BCUT2D eigenvalue weighted by Gasteiger charge is 2.16. The predicted octanol–water partition coefficient (Wildman–Crippen LogP) is 17.6. The standard InChI is InChI=1S/C52H41IN2S3/c1-2-3-4-5-6-11-28-54-43-14-9-7-12-37(43)41-29-33(18-22-44(41)54)47-24-26-49(56-47)35-16-20-39-40-21-17-36(32-52(40)58-51(39)31-35)50-27-25-48(57-50)34-19-23-46-42(30-34)38-13-8-10-15-45(38)55(46)53/h7-10,12-27,29-32H,2-6,11,28H2,1H3. The van der Waals surface area contributed by atoms with Gasteiger partial charge in [0.15, 0.2) is 0 Å². The van der Waals surface area contributed by atoms with Gasteiger partial charge in [-0.2, -0.15) is 0 Å². The lowest BCUT2D eigenvalue weighted by molar-refractivity contribution is 0.571. The van der Waals surface area contributed by atoms with Gasteiger partial charge in [-0.15, -0.1) is 34.0 Å². The zero-order valence-electron chi connectivity index (χ0n) is 32.3. The van der Waals surface area contributed by atoms with Crippen LogP contribution in [0.3, 0.4) is 0 Å². The fourth-order valence-electron chi connectivity index (χ4n) is 8.96. The number of para-hydroxylation sites is 2. The molecule has 5 heterocycles. The van der Waals surface area contributed by atoms with Crippen LogP contribution in [-0.2, 0) is 6.54 Å². The smallest absolute Gasteiger partial charge is 0.0646 e. The van der Waals surface area contributed by atoms with Crippen molar-refractivity contribution in [3.8, 4) is 41.8 Å². The molecule has 0 radical (unpaired) electrons. The first-order chi connectivity index (χ1) is 28.6. The van der Waals surface area contributed by atoms with E-state index in [0.717, 1.165) is 6.54 Å². The number of fused-ring (bicyclic) bond motifs is 9. The zero-order chi connectivity index (χ0) is 38.7. The molecule has 6 aromatic carbocycles. The Morgan fingerprint density at radius 3 is 1.47 bits per heavy atom. The summed E-state index contributed by atoms with van der Waals surface area (Å²) in [6.07, 6.45) is 7.90. The third-order valence-electron chi connectivity index (χ3n) is 11.9. The number of thiophene rings is 3. The summed E-state index contributed by atoms with van der Waals surface area (Å²) in [7, 11) is 0. The molecule has 0 atom stereocenters. The van der Waals surface area contributed by atoms with Crippen molar-refractivity contribution >= 4 is 121 Å². The SMILES string of the molecule is CCCCCCCCn1c2ccccc2c2cc(-c3ccc(-c4ccc5c(c4)sc4cc(-c6ccc(-c7ccc8c(c7)c7ccccc7n8I)s6)ccc45)s3)ccc21. The Balaban J connectivity index is 0.860. The molecular formula is C52H41IN2S3. The van der Waals surface area contributed by atoms with Crippen LogP contribution in [0.2, 0.25) is 0 Å². The molecule has 11 aromatic rings. The Morgan fingerprint density at radius 1 is 0.397 bits per heavy atom. The van der Waals surface area contributed by atoms with Crippen molar-refractivity contribution in [3.63, 3.8) is 0 Å². The van der Waals surface area contributed by atoms with E-state index in [2.05, 4.69) is 183 Å². The van der Waals surface area contributed by atoms with Gasteiger partial charge >= 0.3 is 0 Å². The summed E-state index contributed by atoms with van der Waals surface area (Å²) in [4.78, 5) is 5.23. The van der Waals surface area contributed by atoms with Crippen molar-refractivity contribution in [2.24, 2.45) is 0 Å². The van der Waals surface area contributed by atoms with Crippen LogP contribution in [0.1, 0.15) is 45.4 Å². The number of benzene rings is 6. The molecule has 58 heavy (non-hydrogen) atoms. The minimum atomic E-state index is 1.08. The number of unbranched alkanes of at least 4 members (excludes halogenated alkanes) is 5. The van der Waals surface area contributed by atoms with Gasteiger partial charge in [0, 0.05) is 78.8 Å². The van der Waals surface area contributed by atoms with Gasteiger partial charge in [-0.1, -0.05) is 112 Å². The lowest BCUT2D eigenvalue weighted by Gasteiger charge is -2.08.